The van der Waals surface area contributed by atoms with Crippen LogP contribution in [0.15, 0.2) is 54.6 Å². The van der Waals surface area contributed by atoms with Crippen LogP contribution in [0.25, 0.3) is 11.1 Å². The van der Waals surface area contributed by atoms with Crippen LogP contribution in [-0.2, 0) is 2.14 Å². The zero-order chi connectivity index (χ0) is 11.6. The predicted molar refractivity (Wildman–Crippen MR) is 80.3 cm³/mol. The van der Waals surface area contributed by atoms with E-state index in [1.165, 1.54) is 11.1 Å². The fourth-order valence-electron chi connectivity index (χ4n) is 1.51. The van der Waals surface area contributed by atoms with Crippen molar-refractivity contribution in [1.82, 2.24) is 0 Å². The third kappa shape index (κ3) is 2.96. The molecule has 0 bridgehead atoms. The van der Waals surface area contributed by atoms with Gasteiger partial charge in [0.1, 0.15) is 0 Å². The van der Waals surface area contributed by atoms with Crippen molar-refractivity contribution in [3.05, 3.63) is 60.2 Å². The van der Waals surface area contributed by atoms with Gasteiger partial charge in [-0.1, -0.05) is 96.3 Å². The Labute approximate surface area is 120 Å². The molecule has 0 aliphatic heterocycles. The highest BCUT2D eigenvalue weighted by atomic mass is 80.0. The summed E-state index contributed by atoms with van der Waals surface area (Å²) in [7, 11) is 0. The van der Waals surface area contributed by atoms with Gasteiger partial charge < -0.3 is 0 Å². The van der Waals surface area contributed by atoms with Crippen LogP contribution in [0, 0.1) is 0 Å². The van der Waals surface area contributed by atoms with Crippen molar-refractivity contribution in [1.29, 1.82) is 0 Å². The Morgan fingerprint density at radius 3 is 1.94 bits per heavy atom. The lowest BCUT2D eigenvalue weighted by molar-refractivity contribution is 1.37. The van der Waals surface area contributed by atoms with E-state index in [2.05, 4.69) is 84.2 Å². The largest absolute Gasteiger partial charge is 0.159 e. The molecule has 82 valence electrons. The molecule has 0 spiro atoms. The molecule has 0 nitrogen and oxygen atoms in total. The Morgan fingerprint density at radius 1 is 0.688 bits per heavy atom. The lowest BCUT2D eigenvalue weighted by Crippen LogP contribution is -1.97. The van der Waals surface area contributed by atoms with Gasteiger partial charge in [0.05, 0.1) is 0 Å². The van der Waals surface area contributed by atoms with Crippen LogP contribution in [0.4, 0.5) is 0 Å². The Balaban J connectivity index is 2.45. The molecule has 0 aromatic heterocycles. The lowest BCUT2D eigenvalue weighted by atomic mass is 10.0. The van der Waals surface area contributed by atoms with E-state index in [0.717, 1.165) is 5.56 Å². The van der Waals surface area contributed by atoms with Crippen LogP contribution in [0.5, 0.6) is 0 Å². The summed E-state index contributed by atoms with van der Waals surface area (Å²) < 4.78 is -0.349. The molecule has 2 rings (SSSR count). The minimum absolute atomic E-state index is 0.349. The van der Waals surface area contributed by atoms with Gasteiger partial charge in [-0.05, 0) is 22.8 Å². The zero-order valence-electron chi connectivity index (χ0n) is 8.33. The molecule has 0 aliphatic carbocycles. The maximum absolute atomic E-state index is 3.53. The molecule has 0 amide bonds. The highest BCUT2D eigenvalue weighted by Crippen LogP contribution is 2.45. The van der Waals surface area contributed by atoms with Crippen molar-refractivity contribution in [2.24, 2.45) is 0 Å². The average molecular weight is 405 g/mol. The van der Waals surface area contributed by atoms with Gasteiger partial charge >= 0.3 is 0 Å². The number of halogens is 3. The van der Waals surface area contributed by atoms with Gasteiger partial charge in [-0.15, -0.1) is 0 Å². The van der Waals surface area contributed by atoms with E-state index in [0.29, 0.717) is 0 Å². The van der Waals surface area contributed by atoms with Gasteiger partial charge in [0, 0.05) is 0 Å². The average Bonchev–Trinajstić information content (AvgIpc) is 2.29. The monoisotopic (exact) mass is 402 g/mol. The molecule has 0 unspecified atom stereocenters. The van der Waals surface area contributed by atoms with Crippen molar-refractivity contribution in [2.45, 2.75) is 2.14 Å². The van der Waals surface area contributed by atoms with E-state index >= 15 is 0 Å². The van der Waals surface area contributed by atoms with Crippen molar-refractivity contribution in [3.8, 4) is 11.1 Å². The van der Waals surface area contributed by atoms with Gasteiger partial charge in [-0.3, -0.25) is 0 Å². The summed E-state index contributed by atoms with van der Waals surface area (Å²) in [6.07, 6.45) is 0. The van der Waals surface area contributed by atoms with Crippen LogP contribution in [0.3, 0.4) is 0 Å². The quantitative estimate of drug-likeness (QED) is 0.539. The molecule has 0 radical (unpaired) electrons. The predicted octanol–water partition coefficient (Wildman–Crippen LogP) is 5.65. The van der Waals surface area contributed by atoms with E-state index in [9.17, 15) is 0 Å². The second kappa shape index (κ2) is 5.03. The standard InChI is InChI=1S/C13H9Br3/c14-13(15,16)12-8-4-7-11(9-12)10-5-2-1-3-6-10/h1-9H. The summed E-state index contributed by atoms with van der Waals surface area (Å²) in [6.45, 7) is 0. The van der Waals surface area contributed by atoms with E-state index < -0.39 is 0 Å². The number of rotatable bonds is 1. The van der Waals surface area contributed by atoms with Crippen molar-refractivity contribution in [3.63, 3.8) is 0 Å². The Kier molecular flexibility index (Phi) is 3.88. The minimum Gasteiger partial charge on any atom is -0.0622 e. The number of benzene rings is 2. The van der Waals surface area contributed by atoms with Gasteiger partial charge in [0.2, 0.25) is 0 Å². The van der Waals surface area contributed by atoms with E-state index in [-0.39, 0.29) is 2.14 Å². The second-order valence-corrected chi connectivity index (χ2v) is 10.2. The Bertz CT molecular complexity index is 472. The third-order valence-electron chi connectivity index (χ3n) is 2.30. The second-order valence-electron chi connectivity index (χ2n) is 3.44. The molecular formula is C13H9Br3. The fourth-order valence-corrected chi connectivity index (χ4v) is 2.25. The molecule has 2 aromatic carbocycles. The maximum atomic E-state index is 3.53. The van der Waals surface area contributed by atoms with Crippen LogP contribution in [0.1, 0.15) is 5.56 Å². The summed E-state index contributed by atoms with van der Waals surface area (Å²) in [6, 6.07) is 18.7. The summed E-state index contributed by atoms with van der Waals surface area (Å²) in [4.78, 5) is 0. The molecule has 16 heavy (non-hydrogen) atoms. The summed E-state index contributed by atoms with van der Waals surface area (Å²) in [5, 5.41) is 0. The molecule has 0 saturated carbocycles. The zero-order valence-corrected chi connectivity index (χ0v) is 13.1. The molecule has 3 heteroatoms. The molecule has 2 aromatic rings. The SMILES string of the molecule is BrC(Br)(Br)c1cccc(-c2ccccc2)c1. The van der Waals surface area contributed by atoms with Crippen molar-refractivity contribution >= 4 is 47.8 Å². The topological polar surface area (TPSA) is 0 Å². The maximum Gasteiger partial charge on any atom is 0.159 e. The van der Waals surface area contributed by atoms with E-state index in [1.54, 1.807) is 0 Å². The summed E-state index contributed by atoms with van der Waals surface area (Å²) >= 11 is 10.6. The molecule has 0 aliphatic rings. The van der Waals surface area contributed by atoms with Crippen LogP contribution in [0.2, 0.25) is 0 Å². The molecule has 0 heterocycles. The molecule has 0 atom stereocenters. The lowest BCUT2D eigenvalue weighted by Gasteiger charge is -2.13. The number of alkyl halides is 3. The number of hydrogen-bond acceptors (Lipinski definition) is 0. The fraction of sp³-hybridized carbons (Fsp3) is 0.0769. The first-order chi connectivity index (χ1) is 7.57. The molecule has 0 fully saturated rings. The minimum atomic E-state index is -0.349. The van der Waals surface area contributed by atoms with E-state index in [1.807, 2.05) is 18.2 Å². The first-order valence-electron chi connectivity index (χ1n) is 4.80. The molecular weight excluding hydrogens is 396 g/mol. The molecule has 0 saturated heterocycles. The normalized spacial score (nSPS) is 11.4. The van der Waals surface area contributed by atoms with E-state index in [4.69, 9.17) is 0 Å². The van der Waals surface area contributed by atoms with Gasteiger partial charge in [-0.2, -0.15) is 0 Å². The third-order valence-corrected chi connectivity index (χ3v) is 3.67. The van der Waals surface area contributed by atoms with Gasteiger partial charge in [0.25, 0.3) is 0 Å². The van der Waals surface area contributed by atoms with Crippen LogP contribution < -0.4 is 0 Å². The van der Waals surface area contributed by atoms with Gasteiger partial charge in [0.15, 0.2) is 2.14 Å². The first kappa shape index (κ1) is 12.3. The number of hydrogen-bond donors (Lipinski definition) is 0. The van der Waals surface area contributed by atoms with Gasteiger partial charge in [-0.25, -0.2) is 0 Å². The first-order valence-corrected chi connectivity index (χ1v) is 7.18. The summed E-state index contributed by atoms with van der Waals surface area (Å²) in [5.74, 6) is 0. The van der Waals surface area contributed by atoms with Crippen molar-refractivity contribution < 1.29 is 0 Å². The van der Waals surface area contributed by atoms with Crippen LogP contribution in [-0.4, -0.2) is 0 Å². The summed E-state index contributed by atoms with van der Waals surface area (Å²) in [5.41, 5.74) is 3.57. The Hall–Kier alpha value is -0.120. The Morgan fingerprint density at radius 2 is 1.31 bits per heavy atom. The van der Waals surface area contributed by atoms with Crippen molar-refractivity contribution in [2.75, 3.05) is 0 Å². The van der Waals surface area contributed by atoms with Crippen LogP contribution >= 0.6 is 47.8 Å². The molecule has 0 N–H and O–H groups in total. The highest BCUT2D eigenvalue weighted by molar-refractivity contribution is 9.38. The highest BCUT2D eigenvalue weighted by Gasteiger charge is 2.20. The smallest absolute Gasteiger partial charge is 0.0622 e.